The molecule has 1 amide bonds. The van der Waals surface area contributed by atoms with Crippen molar-refractivity contribution < 1.29 is 4.79 Å². The molecular formula is C12H7BrCl2N2O. The molecule has 0 bridgehead atoms. The number of benzene rings is 1. The van der Waals surface area contributed by atoms with Crippen molar-refractivity contribution in [2.24, 2.45) is 0 Å². The number of anilines is 1. The highest BCUT2D eigenvalue weighted by Gasteiger charge is 2.11. The summed E-state index contributed by atoms with van der Waals surface area (Å²) < 4.78 is 0.621. The van der Waals surface area contributed by atoms with Gasteiger partial charge in [0.15, 0.2) is 0 Å². The van der Waals surface area contributed by atoms with Crippen LogP contribution in [0.15, 0.2) is 41.0 Å². The van der Waals surface area contributed by atoms with E-state index in [9.17, 15) is 4.79 Å². The van der Waals surface area contributed by atoms with Crippen LogP contribution in [0.3, 0.4) is 0 Å². The van der Waals surface area contributed by atoms with Crippen molar-refractivity contribution >= 4 is 50.7 Å². The highest BCUT2D eigenvalue weighted by atomic mass is 79.9. The van der Waals surface area contributed by atoms with Gasteiger partial charge in [-0.25, -0.2) is 4.98 Å². The van der Waals surface area contributed by atoms with Crippen LogP contribution < -0.4 is 5.32 Å². The first-order valence-electron chi connectivity index (χ1n) is 4.94. The van der Waals surface area contributed by atoms with Gasteiger partial charge in [-0.3, -0.25) is 4.79 Å². The van der Waals surface area contributed by atoms with E-state index in [0.29, 0.717) is 25.9 Å². The third-order valence-electron chi connectivity index (χ3n) is 2.09. The SMILES string of the molecule is O=C(Nc1cc(Cl)cc(Cl)c1)c1ncccc1Br. The molecule has 0 aliphatic carbocycles. The minimum Gasteiger partial charge on any atom is -0.321 e. The number of hydrogen-bond donors (Lipinski definition) is 1. The second-order valence-corrected chi connectivity index (χ2v) is 5.17. The molecule has 0 aliphatic heterocycles. The number of nitrogens with zero attached hydrogens (tertiary/aromatic N) is 1. The van der Waals surface area contributed by atoms with E-state index in [4.69, 9.17) is 23.2 Å². The van der Waals surface area contributed by atoms with Gasteiger partial charge in [-0.1, -0.05) is 23.2 Å². The standard InChI is InChI=1S/C12H7BrCl2N2O/c13-10-2-1-3-16-11(10)12(18)17-9-5-7(14)4-8(15)6-9/h1-6H,(H,17,18). The zero-order chi connectivity index (χ0) is 13.1. The molecule has 0 saturated heterocycles. The molecule has 0 fully saturated rings. The zero-order valence-electron chi connectivity index (χ0n) is 8.95. The Kier molecular flexibility index (Phi) is 4.22. The minimum atomic E-state index is -0.333. The molecule has 1 N–H and O–H groups in total. The molecule has 1 aromatic heterocycles. The molecule has 1 aromatic carbocycles. The second kappa shape index (κ2) is 5.69. The molecule has 3 nitrogen and oxygen atoms in total. The van der Waals surface area contributed by atoms with Gasteiger partial charge in [0.2, 0.25) is 0 Å². The number of hydrogen-bond acceptors (Lipinski definition) is 2. The minimum absolute atomic E-state index is 0.300. The molecular weight excluding hydrogens is 339 g/mol. The molecule has 0 spiro atoms. The van der Waals surface area contributed by atoms with Crippen molar-refractivity contribution in [2.75, 3.05) is 5.32 Å². The van der Waals surface area contributed by atoms with E-state index in [1.165, 1.54) is 0 Å². The van der Waals surface area contributed by atoms with E-state index >= 15 is 0 Å². The van der Waals surface area contributed by atoms with Gasteiger partial charge in [0.25, 0.3) is 5.91 Å². The molecule has 1 heterocycles. The lowest BCUT2D eigenvalue weighted by molar-refractivity contribution is 0.102. The van der Waals surface area contributed by atoms with Gasteiger partial charge in [0, 0.05) is 26.4 Å². The van der Waals surface area contributed by atoms with Crippen molar-refractivity contribution in [3.8, 4) is 0 Å². The summed E-state index contributed by atoms with van der Waals surface area (Å²) >= 11 is 15.0. The summed E-state index contributed by atoms with van der Waals surface area (Å²) in [4.78, 5) is 16.0. The number of aromatic nitrogens is 1. The molecule has 0 unspecified atom stereocenters. The maximum absolute atomic E-state index is 12.0. The number of amides is 1. The van der Waals surface area contributed by atoms with E-state index in [1.54, 1.807) is 36.5 Å². The summed E-state index contributed by atoms with van der Waals surface area (Å²) in [5, 5.41) is 3.59. The zero-order valence-corrected chi connectivity index (χ0v) is 12.1. The lowest BCUT2D eigenvalue weighted by Crippen LogP contribution is -2.14. The van der Waals surface area contributed by atoms with Gasteiger partial charge in [-0.05, 0) is 46.3 Å². The molecule has 0 atom stereocenters. The Bertz CT molecular complexity index is 584. The summed E-state index contributed by atoms with van der Waals surface area (Å²) in [6.45, 7) is 0. The Hall–Kier alpha value is -1.10. The van der Waals surface area contributed by atoms with Crippen molar-refractivity contribution in [2.45, 2.75) is 0 Å². The number of nitrogens with one attached hydrogen (secondary N) is 1. The summed E-state index contributed by atoms with van der Waals surface area (Å²) in [6, 6.07) is 8.30. The van der Waals surface area contributed by atoms with Gasteiger partial charge >= 0.3 is 0 Å². The van der Waals surface area contributed by atoms with E-state index in [1.807, 2.05) is 0 Å². The third-order valence-corrected chi connectivity index (χ3v) is 3.17. The Morgan fingerprint density at radius 2 is 1.89 bits per heavy atom. The average Bonchev–Trinajstić information content (AvgIpc) is 2.27. The summed E-state index contributed by atoms with van der Waals surface area (Å²) in [5.74, 6) is -0.333. The van der Waals surface area contributed by atoms with Crippen LogP contribution in [0.5, 0.6) is 0 Å². The third kappa shape index (κ3) is 3.22. The fourth-order valence-electron chi connectivity index (χ4n) is 1.37. The van der Waals surface area contributed by atoms with Crippen LogP contribution in [0.25, 0.3) is 0 Å². The highest BCUT2D eigenvalue weighted by Crippen LogP contribution is 2.23. The number of rotatable bonds is 2. The van der Waals surface area contributed by atoms with Crippen LogP contribution in [-0.4, -0.2) is 10.9 Å². The van der Waals surface area contributed by atoms with Crippen molar-refractivity contribution in [3.63, 3.8) is 0 Å². The van der Waals surface area contributed by atoms with Gasteiger partial charge in [-0.2, -0.15) is 0 Å². The normalized spacial score (nSPS) is 10.2. The van der Waals surface area contributed by atoms with Gasteiger partial charge in [0.05, 0.1) is 0 Å². The van der Waals surface area contributed by atoms with Crippen molar-refractivity contribution in [1.29, 1.82) is 0 Å². The smallest absolute Gasteiger partial charge is 0.275 e. The maximum atomic E-state index is 12.0. The second-order valence-electron chi connectivity index (χ2n) is 3.45. The number of carbonyl (C=O) groups excluding carboxylic acids is 1. The Morgan fingerprint density at radius 3 is 2.50 bits per heavy atom. The van der Waals surface area contributed by atoms with E-state index < -0.39 is 0 Å². The Labute approximate surface area is 122 Å². The molecule has 0 saturated carbocycles. The lowest BCUT2D eigenvalue weighted by Gasteiger charge is -2.06. The maximum Gasteiger partial charge on any atom is 0.275 e. The van der Waals surface area contributed by atoms with Crippen LogP contribution in [-0.2, 0) is 0 Å². The largest absolute Gasteiger partial charge is 0.321 e. The van der Waals surface area contributed by atoms with Crippen LogP contribution in [0.4, 0.5) is 5.69 Å². The fraction of sp³-hybridized carbons (Fsp3) is 0. The predicted octanol–water partition coefficient (Wildman–Crippen LogP) is 4.40. The lowest BCUT2D eigenvalue weighted by atomic mass is 10.3. The van der Waals surface area contributed by atoms with Gasteiger partial charge in [-0.15, -0.1) is 0 Å². The first-order chi connectivity index (χ1) is 8.56. The summed E-state index contributed by atoms with van der Waals surface area (Å²) in [6.07, 6.45) is 1.55. The molecule has 2 aromatic rings. The van der Waals surface area contributed by atoms with Crippen molar-refractivity contribution in [1.82, 2.24) is 4.98 Å². The highest BCUT2D eigenvalue weighted by molar-refractivity contribution is 9.10. The molecule has 2 rings (SSSR count). The van der Waals surface area contributed by atoms with E-state index in [0.717, 1.165) is 0 Å². The Balaban J connectivity index is 2.24. The van der Waals surface area contributed by atoms with Gasteiger partial charge in [0.1, 0.15) is 5.69 Å². The number of halogens is 3. The molecule has 92 valence electrons. The average molecular weight is 346 g/mol. The van der Waals surface area contributed by atoms with Crippen LogP contribution in [0.2, 0.25) is 10.0 Å². The Morgan fingerprint density at radius 1 is 1.22 bits per heavy atom. The monoisotopic (exact) mass is 344 g/mol. The number of pyridine rings is 1. The van der Waals surface area contributed by atoms with E-state index in [2.05, 4.69) is 26.2 Å². The fourth-order valence-corrected chi connectivity index (χ4v) is 2.33. The summed E-state index contributed by atoms with van der Waals surface area (Å²) in [7, 11) is 0. The first kappa shape index (κ1) is 13.3. The predicted molar refractivity (Wildman–Crippen MR) is 76.4 cm³/mol. The molecule has 6 heteroatoms. The number of carbonyl (C=O) groups is 1. The first-order valence-corrected chi connectivity index (χ1v) is 6.49. The van der Waals surface area contributed by atoms with Crippen molar-refractivity contribution in [3.05, 3.63) is 56.7 Å². The van der Waals surface area contributed by atoms with Crippen LogP contribution >= 0.6 is 39.1 Å². The van der Waals surface area contributed by atoms with Gasteiger partial charge < -0.3 is 5.32 Å². The summed E-state index contributed by atoms with van der Waals surface area (Å²) in [5.41, 5.74) is 0.823. The molecule has 18 heavy (non-hydrogen) atoms. The molecule has 0 radical (unpaired) electrons. The topological polar surface area (TPSA) is 42.0 Å². The molecule has 0 aliphatic rings. The van der Waals surface area contributed by atoms with E-state index in [-0.39, 0.29) is 5.91 Å². The quantitative estimate of drug-likeness (QED) is 0.876. The van der Waals surface area contributed by atoms with Crippen LogP contribution in [0, 0.1) is 0 Å². The van der Waals surface area contributed by atoms with Crippen LogP contribution in [0.1, 0.15) is 10.5 Å².